The van der Waals surface area contributed by atoms with Gasteiger partial charge in [0.05, 0.1) is 18.8 Å². The number of benzene rings is 1. The summed E-state index contributed by atoms with van der Waals surface area (Å²) in [6, 6.07) is 8.10. The van der Waals surface area contributed by atoms with Crippen molar-refractivity contribution in [2.24, 2.45) is 5.73 Å². The number of aromatic nitrogens is 3. The molecule has 90 valence electrons. The van der Waals surface area contributed by atoms with Crippen LogP contribution in [0.15, 0.2) is 24.3 Å². The van der Waals surface area contributed by atoms with Gasteiger partial charge in [0.15, 0.2) is 0 Å². The molecule has 1 heterocycles. The van der Waals surface area contributed by atoms with Crippen LogP contribution in [0.5, 0.6) is 0 Å². The summed E-state index contributed by atoms with van der Waals surface area (Å²) >= 11 is 0. The summed E-state index contributed by atoms with van der Waals surface area (Å²) in [5.41, 5.74) is 9.51. The van der Waals surface area contributed by atoms with E-state index in [1.807, 2.05) is 31.2 Å². The highest BCUT2D eigenvalue weighted by atomic mass is 16.3. The SMILES string of the molecule is Cc1ccc(-c2c(CN)nnn2CCO)cc1. The number of aryl methyl sites for hydroxylation is 1. The Morgan fingerprint density at radius 2 is 2.00 bits per heavy atom. The summed E-state index contributed by atoms with van der Waals surface area (Å²) in [5, 5.41) is 17.0. The predicted octanol–water partition coefficient (Wildman–Crippen LogP) is 0.705. The molecule has 0 spiro atoms. The van der Waals surface area contributed by atoms with E-state index in [4.69, 9.17) is 10.8 Å². The summed E-state index contributed by atoms with van der Waals surface area (Å²) in [6.45, 7) is 2.84. The van der Waals surface area contributed by atoms with Crippen molar-refractivity contribution in [2.45, 2.75) is 20.0 Å². The van der Waals surface area contributed by atoms with Gasteiger partial charge in [0, 0.05) is 12.1 Å². The minimum absolute atomic E-state index is 0.0340. The quantitative estimate of drug-likeness (QED) is 0.813. The molecule has 3 N–H and O–H groups in total. The molecule has 5 heteroatoms. The van der Waals surface area contributed by atoms with E-state index >= 15 is 0 Å². The first-order valence-electron chi connectivity index (χ1n) is 5.56. The maximum Gasteiger partial charge on any atom is 0.104 e. The first-order chi connectivity index (χ1) is 8.26. The van der Waals surface area contributed by atoms with Gasteiger partial charge in [-0.1, -0.05) is 35.0 Å². The Balaban J connectivity index is 2.47. The van der Waals surface area contributed by atoms with Crippen LogP contribution < -0.4 is 5.73 Å². The van der Waals surface area contributed by atoms with E-state index in [0.717, 1.165) is 17.0 Å². The highest BCUT2D eigenvalue weighted by Crippen LogP contribution is 2.22. The minimum Gasteiger partial charge on any atom is -0.394 e. The van der Waals surface area contributed by atoms with Gasteiger partial charge in [-0.2, -0.15) is 0 Å². The summed E-state index contributed by atoms with van der Waals surface area (Å²) in [4.78, 5) is 0. The molecular weight excluding hydrogens is 216 g/mol. The largest absolute Gasteiger partial charge is 0.394 e. The molecule has 0 aliphatic carbocycles. The molecule has 0 radical (unpaired) electrons. The molecule has 2 rings (SSSR count). The topological polar surface area (TPSA) is 77.0 Å². The van der Waals surface area contributed by atoms with Gasteiger partial charge in [0.25, 0.3) is 0 Å². The van der Waals surface area contributed by atoms with E-state index in [0.29, 0.717) is 13.1 Å². The molecule has 0 amide bonds. The van der Waals surface area contributed by atoms with Crippen molar-refractivity contribution in [1.82, 2.24) is 15.0 Å². The first-order valence-corrected chi connectivity index (χ1v) is 5.56. The van der Waals surface area contributed by atoms with Gasteiger partial charge in [0.2, 0.25) is 0 Å². The molecule has 0 saturated heterocycles. The lowest BCUT2D eigenvalue weighted by atomic mass is 10.1. The van der Waals surface area contributed by atoms with E-state index in [1.54, 1.807) is 4.68 Å². The van der Waals surface area contributed by atoms with Gasteiger partial charge in [0.1, 0.15) is 5.69 Å². The Morgan fingerprint density at radius 3 is 2.59 bits per heavy atom. The van der Waals surface area contributed by atoms with Crippen molar-refractivity contribution >= 4 is 0 Å². The van der Waals surface area contributed by atoms with Crippen LogP contribution in [-0.4, -0.2) is 26.7 Å². The number of hydrogen-bond donors (Lipinski definition) is 2. The van der Waals surface area contributed by atoms with Crippen LogP contribution in [0.3, 0.4) is 0 Å². The number of rotatable bonds is 4. The summed E-state index contributed by atoms with van der Waals surface area (Å²) in [5.74, 6) is 0. The van der Waals surface area contributed by atoms with Gasteiger partial charge < -0.3 is 10.8 Å². The molecule has 0 atom stereocenters. The third-order valence-corrected chi connectivity index (χ3v) is 2.64. The average Bonchev–Trinajstić information content (AvgIpc) is 2.74. The molecule has 0 bridgehead atoms. The average molecular weight is 232 g/mol. The lowest BCUT2D eigenvalue weighted by molar-refractivity contribution is 0.269. The Labute approximate surface area is 99.9 Å². The lowest BCUT2D eigenvalue weighted by Gasteiger charge is -2.06. The molecule has 0 aliphatic heterocycles. The molecule has 0 saturated carbocycles. The smallest absolute Gasteiger partial charge is 0.104 e. The third-order valence-electron chi connectivity index (χ3n) is 2.64. The Bertz CT molecular complexity index is 490. The standard InChI is InChI=1S/C12H16N4O/c1-9-2-4-10(5-3-9)12-11(8-13)14-15-16(12)6-7-17/h2-5,17H,6-8,13H2,1H3. The van der Waals surface area contributed by atoms with Crippen LogP contribution in [-0.2, 0) is 13.1 Å². The monoisotopic (exact) mass is 232 g/mol. The van der Waals surface area contributed by atoms with Crippen molar-refractivity contribution < 1.29 is 5.11 Å². The zero-order valence-corrected chi connectivity index (χ0v) is 9.80. The van der Waals surface area contributed by atoms with Gasteiger partial charge in [-0.15, -0.1) is 5.10 Å². The molecule has 0 aliphatic rings. The Morgan fingerprint density at radius 1 is 1.29 bits per heavy atom. The highest BCUT2D eigenvalue weighted by Gasteiger charge is 2.13. The van der Waals surface area contributed by atoms with Crippen LogP contribution >= 0.6 is 0 Å². The summed E-state index contributed by atoms with van der Waals surface area (Å²) < 4.78 is 1.69. The van der Waals surface area contributed by atoms with Crippen LogP contribution in [0.4, 0.5) is 0 Å². The van der Waals surface area contributed by atoms with E-state index < -0.39 is 0 Å². The Hall–Kier alpha value is -1.72. The second kappa shape index (κ2) is 5.07. The predicted molar refractivity (Wildman–Crippen MR) is 65.2 cm³/mol. The second-order valence-corrected chi connectivity index (χ2v) is 3.90. The number of nitrogens with zero attached hydrogens (tertiary/aromatic N) is 3. The van der Waals surface area contributed by atoms with E-state index in [2.05, 4.69) is 10.3 Å². The molecule has 0 unspecified atom stereocenters. The maximum atomic E-state index is 9.00. The summed E-state index contributed by atoms with van der Waals surface area (Å²) in [7, 11) is 0. The van der Waals surface area contributed by atoms with Crippen LogP contribution in [0, 0.1) is 6.92 Å². The van der Waals surface area contributed by atoms with E-state index in [-0.39, 0.29) is 6.61 Å². The van der Waals surface area contributed by atoms with Gasteiger partial charge in [-0.25, -0.2) is 4.68 Å². The van der Waals surface area contributed by atoms with Crippen molar-refractivity contribution in [2.75, 3.05) is 6.61 Å². The number of hydrogen-bond acceptors (Lipinski definition) is 4. The molecule has 0 fully saturated rings. The Kier molecular flexibility index (Phi) is 3.51. The van der Waals surface area contributed by atoms with Gasteiger partial charge in [-0.05, 0) is 6.92 Å². The molecule has 5 nitrogen and oxygen atoms in total. The number of aliphatic hydroxyl groups is 1. The highest BCUT2D eigenvalue weighted by molar-refractivity contribution is 5.62. The van der Waals surface area contributed by atoms with Crippen LogP contribution in [0.1, 0.15) is 11.3 Å². The van der Waals surface area contributed by atoms with Crippen molar-refractivity contribution in [3.05, 3.63) is 35.5 Å². The van der Waals surface area contributed by atoms with E-state index in [1.165, 1.54) is 5.56 Å². The van der Waals surface area contributed by atoms with Gasteiger partial charge >= 0.3 is 0 Å². The molecule has 17 heavy (non-hydrogen) atoms. The molecule has 1 aromatic carbocycles. The summed E-state index contributed by atoms with van der Waals surface area (Å²) in [6.07, 6.45) is 0. The van der Waals surface area contributed by atoms with Crippen LogP contribution in [0.2, 0.25) is 0 Å². The fourth-order valence-electron chi connectivity index (χ4n) is 1.76. The zero-order valence-electron chi connectivity index (χ0n) is 9.80. The van der Waals surface area contributed by atoms with Crippen molar-refractivity contribution in [3.63, 3.8) is 0 Å². The first kappa shape index (κ1) is 11.8. The molecule has 1 aromatic heterocycles. The fraction of sp³-hybridized carbons (Fsp3) is 0.333. The van der Waals surface area contributed by atoms with Crippen LogP contribution in [0.25, 0.3) is 11.3 Å². The van der Waals surface area contributed by atoms with Crippen molar-refractivity contribution in [1.29, 1.82) is 0 Å². The van der Waals surface area contributed by atoms with E-state index in [9.17, 15) is 0 Å². The normalized spacial score (nSPS) is 10.8. The fourth-order valence-corrected chi connectivity index (χ4v) is 1.76. The molecular formula is C12H16N4O. The third kappa shape index (κ3) is 2.35. The van der Waals surface area contributed by atoms with Gasteiger partial charge in [-0.3, -0.25) is 0 Å². The zero-order chi connectivity index (χ0) is 12.3. The van der Waals surface area contributed by atoms with Crippen molar-refractivity contribution in [3.8, 4) is 11.3 Å². The maximum absolute atomic E-state index is 9.00. The number of aliphatic hydroxyl groups excluding tert-OH is 1. The molecule has 2 aromatic rings. The minimum atomic E-state index is 0.0340. The lowest BCUT2D eigenvalue weighted by Crippen LogP contribution is -2.07. The second-order valence-electron chi connectivity index (χ2n) is 3.90. The number of nitrogens with two attached hydrogens (primary N) is 1.